The minimum Gasteiger partial charge on any atom is -0.480 e. The van der Waals surface area contributed by atoms with Crippen LogP contribution in [0.3, 0.4) is 0 Å². The molecular weight excluding hydrogens is 454 g/mol. The van der Waals surface area contributed by atoms with E-state index < -0.39 is 60.7 Å². The first kappa shape index (κ1) is 27.0. The number of aliphatic carboxylic acids is 1. The van der Waals surface area contributed by atoms with Crippen molar-refractivity contribution in [2.45, 2.75) is 37.4 Å². The topological polar surface area (TPSA) is 194 Å². The molecule has 3 unspecified atom stereocenters. The molecule has 0 aromatic heterocycles. The molecule has 2 aromatic carbocycles. The first-order chi connectivity index (χ1) is 16.7. The Balaban J connectivity index is 1.93. The van der Waals surface area contributed by atoms with Gasteiger partial charge >= 0.3 is 5.97 Å². The Morgan fingerprint density at radius 1 is 0.771 bits per heavy atom. The summed E-state index contributed by atoms with van der Waals surface area (Å²) >= 11 is 0. The minimum atomic E-state index is -1.42. The van der Waals surface area contributed by atoms with Crippen LogP contribution in [0.15, 0.2) is 60.7 Å². The number of nitrogens with one attached hydrogen (secondary N) is 3. The van der Waals surface area contributed by atoms with Crippen LogP contribution in [0.2, 0.25) is 0 Å². The number of amides is 4. The van der Waals surface area contributed by atoms with Crippen LogP contribution in [0, 0.1) is 0 Å². The van der Waals surface area contributed by atoms with Crippen molar-refractivity contribution in [1.29, 1.82) is 0 Å². The number of primary amides is 1. The van der Waals surface area contributed by atoms with E-state index in [2.05, 4.69) is 16.0 Å². The summed E-state index contributed by atoms with van der Waals surface area (Å²) in [6.07, 6.45) is -0.301. The molecule has 35 heavy (non-hydrogen) atoms. The van der Waals surface area contributed by atoms with E-state index in [0.29, 0.717) is 5.56 Å². The highest BCUT2D eigenvalue weighted by atomic mass is 16.4. The van der Waals surface area contributed by atoms with Gasteiger partial charge in [0.25, 0.3) is 0 Å². The Bertz CT molecular complexity index is 1030. The van der Waals surface area contributed by atoms with Gasteiger partial charge in [-0.25, -0.2) is 4.79 Å². The third-order valence-electron chi connectivity index (χ3n) is 5.01. The number of carbonyl (C=O) groups is 5. The van der Waals surface area contributed by atoms with E-state index in [1.54, 1.807) is 30.3 Å². The Morgan fingerprint density at radius 3 is 1.83 bits per heavy atom. The lowest BCUT2D eigenvalue weighted by atomic mass is 10.0. The van der Waals surface area contributed by atoms with Gasteiger partial charge in [0.2, 0.25) is 23.6 Å². The molecule has 0 radical (unpaired) electrons. The maximum atomic E-state index is 12.7. The van der Waals surface area contributed by atoms with Gasteiger partial charge in [0.05, 0.1) is 19.0 Å². The van der Waals surface area contributed by atoms with E-state index in [1.165, 1.54) is 0 Å². The van der Waals surface area contributed by atoms with Crippen molar-refractivity contribution < 1.29 is 29.1 Å². The number of benzene rings is 2. The summed E-state index contributed by atoms with van der Waals surface area (Å²) < 4.78 is 0. The second kappa shape index (κ2) is 13.5. The molecule has 0 spiro atoms. The lowest BCUT2D eigenvalue weighted by Gasteiger charge is -2.21. The lowest BCUT2D eigenvalue weighted by Crippen LogP contribution is -2.55. The average molecular weight is 484 g/mol. The van der Waals surface area contributed by atoms with Gasteiger partial charge in [-0.3, -0.25) is 19.2 Å². The summed E-state index contributed by atoms with van der Waals surface area (Å²) in [5, 5.41) is 16.5. The van der Waals surface area contributed by atoms with Crippen molar-refractivity contribution in [2.24, 2.45) is 11.5 Å². The van der Waals surface area contributed by atoms with Crippen LogP contribution in [0.5, 0.6) is 0 Å². The Kier molecular flexibility index (Phi) is 10.4. The molecule has 3 atom stereocenters. The maximum absolute atomic E-state index is 12.7. The summed E-state index contributed by atoms with van der Waals surface area (Å²) in [6, 6.07) is 14.1. The normalized spacial score (nSPS) is 13.1. The van der Waals surface area contributed by atoms with Crippen LogP contribution in [-0.2, 0) is 36.8 Å². The zero-order chi connectivity index (χ0) is 25.8. The molecule has 0 saturated carbocycles. The molecule has 11 nitrogen and oxygen atoms in total. The zero-order valence-electron chi connectivity index (χ0n) is 19.0. The van der Waals surface area contributed by atoms with E-state index >= 15 is 0 Å². The van der Waals surface area contributed by atoms with Crippen molar-refractivity contribution in [3.63, 3.8) is 0 Å². The van der Waals surface area contributed by atoms with Crippen LogP contribution in [0.4, 0.5) is 0 Å². The number of rotatable bonds is 13. The average Bonchev–Trinajstić information content (AvgIpc) is 2.82. The molecule has 0 saturated heterocycles. The highest BCUT2D eigenvalue weighted by Gasteiger charge is 2.28. The molecule has 0 aliphatic rings. The van der Waals surface area contributed by atoms with Crippen molar-refractivity contribution in [3.05, 3.63) is 71.8 Å². The molecule has 0 bridgehead atoms. The summed E-state index contributed by atoms with van der Waals surface area (Å²) in [5.74, 6) is -4.41. The van der Waals surface area contributed by atoms with Gasteiger partial charge in [0.15, 0.2) is 0 Å². The van der Waals surface area contributed by atoms with Crippen molar-refractivity contribution in [1.82, 2.24) is 16.0 Å². The van der Waals surface area contributed by atoms with Gasteiger partial charge in [-0.1, -0.05) is 60.7 Å². The van der Waals surface area contributed by atoms with Gasteiger partial charge in [-0.2, -0.15) is 0 Å². The Labute approximate surface area is 202 Å². The first-order valence-corrected chi connectivity index (χ1v) is 10.9. The molecule has 8 N–H and O–H groups in total. The van der Waals surface area contributed by atoms with Gasteiger partial charge in [0.1, 0.15) is 12.1 Å². The largest absolute Gasteiger partial charge is 0.480 e. The third kappa shape index (κ3) is 9.64. The van der Waals surface area contributed by atoms with Crippen molar-refractivity contribution >= 4 is 29.6 Å². The van der Waals surface area contributed by atoms with Gasteiger partial charge in [0, 0.05) is 6.42 Å². The maximum Gasteiger partial charge on any atom is 0.326 e. The smallest absolute Gasteiger partial charge is 0.326 e. The Morgan fingerprint density at radius 2 is 1.31 bits per heavy atom. The number of hydrogen-bond acceptors (Lipinski definition) is 6. The van der Waals surface area contributed by atoms with Crippen molar-refractivity contribution in [2.75, 3.05) is 6.54 Å². The highest BCUT2D eigenvalue weighted by molar-refractivity contribution is 5.95. The first-order valence-electron chi connectivity index (χ1n) is 10.9. The predicted molar refractivity (Wildman–Crippen MR) is 127 cm³/mol. The van der Waals surface area contributed by atoms with E-state index in [-0.39, 0.29) is 12.8 Å². The minimum absolute atomic E-state index is 0.00545. The molecule has 2 aromatic rings. The quantitative estimate of drug-likeness (QED) is 0.207. The highest BCUT2D eigenvalue weighted by Crippen LogP contribution is 2.05. The van der Waals surface area contributed by atoms with Gasteiger partial charge < -0.3 is 32.5 Å². The second-order valence-corrected chi connectivity index (χ2v) is 7.89. The second-order valence-electron chi connectivity index (χ2n) is 7.89. The van der Waals surface area contributed by atoms with Crippen LogP contribution in [-0.4, -0.2) is 59.4 Å². The molecular formula is C24H29N5O6. The third-order valence-corrected chi connectivity index (χ3v) is 5.01. The number of carboxylic acid groups (broad SMARTS) is 1. The molecule has 4 amide bonds. The summed E-state index contributed by atoms with van der Waals surface area (Å²) in [5.41, 5.74) is 12.6. The monoisotopic (exact) mass is 483 g/mol. The fourth-order valence-corrected chi connectivity index (χ4v) is 3.24. The van der Waals surface area contributed by atoms with E-state index in [4.69, 9.17) is 11.5 Å². The molecule has 186 valence electrons. The van der Waals surface area contributed by atoms with E-state index in [0.717, 1.165) is 5.56 Å². The summed E-state index contributed by atoms with van der Waals surface area (Å²) in [4.78, 5) is 60.2. The fourth-order valence-electron chi connectivity index (χ4n) is 3.24. The zero-order valence-corrected chi connectivity index (χ0v) is 19.0. The lowest BCUT2D eigenvalue weighted by molar-refractivity contribution is -0.142. The molecule has 0 aliphatic carbocycles. The predicted octanol–water partition coefficient (Wildman–Crippen LogP) is -1.16. The Hall–Kier alpha value is -4.25. The van der Waals surface area contributed by atoms with Crippen LogP contribution in [0.25, 0.3) is 0 Å². The van der Waals surface area contributed by atoms with E-state index in [9.17, 15) is 29.1 Å². The molecule has 2 rings (SSSR count). The van der Waals surface area contributed by atoms with E-state index in [1.807, 2.05) is 30.3 Å². The number of nitrogens with two attached hydrogens (primary N) is 2. The summed E-state index contributed by atoms with van der Waals surface area (Å²) in [6.45, 7) is -0.504. The fraction of sp³-hybridized carbons (Fsp3) is 0.292. The van der Waals surface area contributed by atoms with Crippen LogP contribution in [0.1, 0.15) is 17.5 Å². The number of hydrogen-bond donors (Lipinski definition) is 6. The standard InChI is InChI=1S/C24H29N5O6/c25-17(11-15-7-3-1-4-8-15)22(32)27-14-21(31)28-18(13-20(26)30)23(33)29-19(24(34)35)12-16-9-5-2-6-10-16/h1-10,17-19H,11-14,25H2,(H2,26,30)(H,27,32)(H,28,31)(H,29,33)(H,34,35). The van der Waals surface area contributed by atoms with Gasteiger partial charge in [-0.05, 0) is 17.5 Å². The van der Waals surface area contributed by atoms with Crippen molar-refractivity contribution in [3.8, 4) is 0 Å². The van der Waals surface area contributed by atoms with Gasteiger partial charge in [-0.15, -0.1) is 0 Å². The molecule has 0 aliphatic heterocycles. The molecule has 0 fully saturated rings. The molecule has 0 heterocycles. The number of carboxylic acids is 1. The van der Waals surface area contributed by atoms with Crippen LogP contribution >= 0.6 is 0 Å². The summed E-state index contributed by atoms with van der Waals surface area (Å²) in [7, 11) is 0. The number of carbonyl (C=O) groups excluding carboxylic acids is 4. The molecule has 11 heteroatoms. The van der Waals surface area contributed by atoms with Crippen LogP contribution < -0.4 is 27.4 Å². The SMILES string of the molecule is NC(=O)CC(NC(=O)CNC(=O)C(N)Cc1ccccc1)C(=O)NC(Cc1ccccc1)C(=O)O.